The van der Waals surface area contributed by atoms with Crippen molar-refractivity contribution in [1.29, 1.82) is 0 Å². The smallest absolute Gasteiger partial charge is 0.0392 e. The first-order chi connectivity index (χ1) is 6.63. The third kappa shape index (κ3) is 3.28. The van der Waals surface area contributed by atoms with E-state index in [-0.39, 0.29) is 6.04 Å². The van der Waals surface area contributed by atoms with Gasteiger partial charge in [-0.1, -0.05) is 12.5 Å². The Morgan fingerprint density at radius 3 is 2.79 bits per heavy atom. The van der Waals surface area contributed by atoms with Gasteiger partial charge < -0.3 is 5.73 Å². The van der Waals surface area contributed by atoms with Gasteiger partial charge in [-0.25, -0.2) is 0 Å². The lowest BCUT2D eigenvalue weighted by molar-refractivity contribution is 0.659. The van der Waals surface area contributed by atoms with Crippen molar-refractivity contribution in [3.63, 3.8) is 0 Å². The number of hydrogen-bond acceptors (Lipinski definition) is 2. The predicted octanol–water partition coefficient (Wildman–Crippen LogP) is 3.67. The maximum absolute atomic E-state index is 6.08. The fourth-order valence-electron chi connectivity index (χ4n) is 1.33. The summed E-state index contributed by atoms with van der Waals surface area (Å²) in [4.78, 5) is 2.73. The molecule has 0 spiro atoms. The lowest BCUT2D eigenvalue weighted by atomic mass is 10.1. The molecule has 0 radical (unpaired) electrons. The normalized spacial score (nSPS) is 12.8. The van der Waals surface area contributed by atoms with Gasteiger partial charge in [-0.15, -0.1) is 17.9 Å². The van der Waals surface area contributed by atoms with E-state index in [9.17, 15) is 0 Å². The van der Waals surface area contributed by atoms with Crippen LogP contribution in [0.1, 0.15) is 42.5 Å². The molecular weight excluding hydrogens is 190 g/mol. The molecule has 0 saturated carbocycles. The summed E-state index contributed by atoms with van der Waals surface area (Å²) >= 11 is 1.84. The fourth-order valence-corrected chi connectivity index (χ4v) is 2.32. The van der Waals surface area contributed by atoms with Gasteiger partial charge in [0, 0.05) is 15.8 Å². The standard InChI is InChI=1S/C12H19NS/c1-4-10-6-8-12(14-10)11(13)7-5-9(2)3/h6,8,11H,2,4-5,7,13H2,1,3H3. The molecule has 1 aromatic rings. The van der Waals surface area contributed by atoms with Crippen LogP contribution in [0.4, 0.5) is 0 Å². The molecule has 2 heteroatoms. The number of thiophene rings is 1. The summed E-state index contributed by atoms with van der Waals surface area (Å²) in [7, 11) is 0. The summed E-state index contributed by atoms with van der Waals surface area (Å²) in [5.74, 6) is 0. The van der Waals surface area contributed by atoms with Gasteiger partial charge in [-0.2, -0.15) is 0 Å². The molecule has 1 aromatic heterocycles. The molecule has 1 unspecified atom stereocenters. The van der Waals surface area contributed by atoms with Crippen LogP contribution in [0.15, 0.2) is 24.3 Å². The van der Waals surface area contributed by atoms with Crippen molar-refractivity contribution >= 4 is 11.3 Å². The first kappa shape index (κ1) is 11.5. The van der Waals surface area contributed by atoms with Gasteiger partial charge in [0.1, 0.15) is 0 Å². The molecule has 0 aliphatic rings. The van der Waals surface area contributed by atoms with Gasteiger partial charge in [0.05, 0.1) is 0 Å². The van der Waals surface area contributed by atoms with Crippen molar-refractivity contribution in [2.24, 2.45) is 5.73 Å². The van der Waals surface area contributed by atoms with Crippen LogP contribution in [0.5, 0.6) is 0 Å². The monoisotopic (exact) mass is 209 g/mol. The molecule has 0 aliphatic carbocycles. The highest BCUT2D eigenvalue weighted by Gasteiger charge is 2.08. The maximum atomic E-state index is 6.08. The summed E-state index contributed by atoms with van der Waals surface area (Å²) in [6.07, 6.45) is 3.15. The quantitative estimate of drug-likeness (QED) is 0.736. The van der Waals surface area contributed by atoms with Gasteiger partial charge in [0.15, 0.2) is 0 Å². The van der Waals surface area contributed by atoms with E-state index in [0.717, 1.165) is 19.3 Å². The maximum Gasteiger partial charge on any atom is 0.0392 e. The van der Waals surface area contributed by atoms with Crippen molar-refractivity contribution < 1.29 is 0 Å². The Morgan fingerprint density at radius 1 is 1.57 bits per heavy atom. The van der Waals surface area contributed by atoms with E-state index in [0.29, 0.717) is 0 Å². The van der Waals surface area contributed by atoms with Crippen LogP contribution in [-0.4, -0.2) is 0 Å². The van der Waals surface area contributed by atoms with E-state index in [1.54, 1.807) is 0 Å². The van der Waals surface area contributed by atoms with Crippen molar-refractivity contribution in [1.82, 2.24) is 0 Å². The van der Waals surface area contributed by atoms with Gasteiger partial charge in [-0.3, -0.25) is 0 Å². The van der Waals surface area contributed by atoms with Gasteiger partial charge in [0.2, 0.25) is 0 Å². The van der Waals surface area contributed by atoms with Crippen LogP contribution in [0.25, 0.3) is 0 Å². The third-order valence-electron chi connectivity index (χ3n) is 2.28. The van der Waals surface area contributed by atoms with Crippen LogP contribution < -0.4 is 5.73 Å². The highest BCUT2D eigenvalue weighted by molar-refractivity contribution is 7.12. The molecule has 0 aromatic carbocycles. The highest BCUT2D eigenvalue weighted by atomic mass is 32.1. The molecule has 0 amide bonds. The van der Waals surface area contributed by atoms with Crippen LogP contribution in [0, 0.1) is 0 Å². The molecule has 1 heterocycles. The van der Waals surface area contributed by atoms with Gasteiger partial charge in [-0.05, 0) is 38.3 Å². The van der Waals surface area contributed by atoms with Crippen molar-refractivity contribution in [3.8, 4) is 0 Å². The van der Waals surface area contributed by atoms with E-state index in [1.807, 2.05) is 11.3 Å². The second-order valence-electron chi connectivity index (χ2n) is 3.76. The summed E-state index contributed by atoms with van der Waals surface area (Å²) in [6, 6.07) is 4.53. The third-order valence-corrected chi connectivity index (χ3v) is 3.64. The van der Waals surface area contributed by atoms with E-state index < -0.39 is 0 Å². The molecule has 0 aliphatic heterocycles. The second kappa shape index (κ2) is 5.32. The average Bonchev–Trinajstić information content (AvgIpc) is 2.62. The van der Waals surface area contributed by atoms with Crippen LogP contribution >= 0.6 is 11.3 Å². The van der Waals surface area contributed by atoms with Crippen LogP contribution in [-0.2, 0) is 6.42 Å². The van der Waals surface area contributed by atoms with Crippen LogP contribution in [0.3, 0.4) is 0 Å². The van der Waals surface area contributed by atoms with Crippen LogP contribution in [0.2, 0.25) is 0 Å². The van der Waals surface area contributed by atoms with Gasteiger partial charge >= 0.3 is 0 Å². The van der Waals surface area contributed by atoms with E-state index in [4.69, 9.17) is 5.73 Å². The number of hydrogen-bond donors (Lipinski definition) is 1. The van der Waals surface area contributed by atoms with Crippen molar-refractivity contribution in [2.45, 2.75) is 39.2 Å². The molecule has 1 atom stereocenters. The Morgan fingerprint density at radius 2 is 2.29 bits per heavy atom. The summed E-state index contributed by atoms with van der Waals surface area (Å²) < 4.78 is 0. The molecular formula is C12H19NS. The first-order valence-electron chi connectivity index (χ1n) is 5.12. The minimum Gasteiger partial charge on any atom is -0.323 e. The molecule has 2 N–H and O–H groups in total. The molecule has 78 valence electrons. The predicted molar refractivity (Wildman–Crippen MR) is 64.7 cm³/mol. The number of rotatable bonds is 5. The van der Waals surface area contributed by atoms with E-state index in [1.165, 1.54) is 15.3 Å². The minimum atomic E-state index is 0.192. The Kier molecular flexibility index (Phi) is 4.36. The number of aryl methyl sites for hydroxylation is 1. The average molecular weight is 209 g/mol. The Labute approximate surface area is 90.6 Å². The summed E-state index contributed by atoms with van der Waals surface area (Å²) in [5, 5.41) is 0. The Hall–Kier alpha value is -0.600. The lowest BCUT2D eigenvalue weighted by Gasteiger charge is -2.08. The van der Waals surface area contributed by atoms with E-state index >= 15 is 0 Å². The summed E-state index contributed by atoms with van der Waals surface area (Å²) in [6.45, 7) is 8.12. The number of nitrogens with two attached hydrogens (primary N) is 1. The van der Waals surface area contributed by atoms with Crippen molar-refractivity contribution in [2.75, 3.05) is 0 Å². The molecule has 14 heavy (non-hydrogen) atoms. The SMILES string of the molecule is C=C(C)CCC(N)c1ccc(CC)s1. The Bertz CT molecular complexity index is 301. The molecule has 1 rings (SSSR count). The highest BCUT2D eigenvalue weighted by Crippen LogP contribution is 2.25. The minimum absolute atomic E-state index is 0.192. The lowest BCUT2D eigenvalue weighted by Crippen LogP contribution is -2.08. The first-order valence-corrected chi connectivity index (χ1v) is 5.93. The molecule has 0 saturated heterocycles. The zero-order chi connectivity index (χ0) is 10.6. The summed E-state index contributed by atoms with van der Waals surface area (Å²) in [5.41, 5.74) is 7.30. The Balaban J connectivity index is 2.51. The zero-order valence-corrected chi connectivity index (χ0v) is 9.86. The molecule has 0 fully saturated rings. The van der Waals surface area contributed by atoms with Crippen molar-refractivity contribution in [3.05, 3.63) is 34.0 Å². The van der Waals surface area contributed by atoms with E-state index in [2.05, 4.69) is 32.6 Å². The topological polar surface area (TPSA) is 26.0 Å². The fraction of sp³-hybridized carbons (Fsp3) is 0.500. The zero-order valence-electron chi connectivity index (χ0n) is 9.05. The molecule has 1 nitrogen and oxygen atoms in total. The second-order valence-corrected chi connectivity index (χ2v) is 4.96. The number of allylic oxidation sites excluding steroid dienone is 1. The molecule has 0 bridgehead atoms. The largest absolute Gasteiger partial charge is 0.323 e. The van der Waals surface area contributed by atoms with Gasteiger partial charge in [0.25, 0.3) is 0 Å².